The lowest BCUT2D eigenvalue weighted by molar-refractivity contribution is 0.102. The summed E-state index contributed by atoms with van der Waals surface area (Å²) < 4.78 is 18.5. The third-order valence-corrected chi connectivity index (χ3v) is 8.21. The molecule has 2 bridgehead atoms. The van der Waals surface area contributed by atoms with E-state index in [-0.39, 0.29) is 17.6 Å². The van der Waals surface area contributed by atoms with E-state index in [0.717, 1.165) is 22.8 Å². The first-order valence-corrected chi connectivity index (χ1v) is 12.4. The van der Waals surface area contributed by atoms with Gasteiger partial charge in [-0.2, -0.15) is 0 Å². The minimum Gasteiger partial charge on any atom is -0.493 e. The minimum absolute atomic E-state index is 0.00243. The fourth-order valence-electron chi connectivity index (χ4n) is 5.62. The van der Waals surface area contributed by atoms with E-state index in [1.165, 1.54) is 37.4 Å². The highest BCUT2D eigenvalue weighted by atomic mass is 32.2. The maximum absolute atomic E-state index is 13.0. The van der Waals surface area contributed by atoms with Crippen LogP contribution in [0.25, 0.3) is 11.6 Å². The second-order valence-electron chi connectivity index (χ2n) is 9.01. The Morgan fingerprint density at radius 1 is 1.18 bits per heavy atom. The van der Waals surface area contributed by atoms with Crippen molar-refractivity contribution in [2.24, 2.45) is 17.8 Å². The highest BCUT2D eigenvalue weighted by Gasteiger charge is 2.43. The Bertz CT molecular complexity index is 1130. The van der Waals surface area contributed by atoms with Crippen LogP contribution in [0.3, 0.4) is 0 Å². The summed E-state index contributed by atoms with van der Waals surface area (Å²) in [6.45, 7) is 2.27. The van der Waals surface area contributed by atoms with Gasteiger partial charge in [-0.05, 0) is 74.3 Å². The van der Waals surface area contributed by atoms with Crippen LogP contribution in [0.2, 0.25) is 0 Å². The Kier molecular flexibility index (Phi) is 6.19. The molecule has 5 rings (SSSR count). The first-order chi connectivity index (χ1) is 16.1. The van der Waals surface area contributed by atoms with Gasteiger partial charge < -0.3 is 13.9 Å². The summed E-state index contributed by atoms with van der Waals surface area (Å²) in [6.07, 6.45) is 6.94. The molecule has 33 heavy (non-hydrogen) atoms. The summed E-state index contributed by atoms with van der Waals surface area (Å²) in [5.41, 5.74) is 0.582. The number of nitrogens with zero attached hydrogens (tertiary/aromatic N) is 3. The number of carbonyl (C=O) groups excluding carboxylic acids is 1. The van der Waals surface area contributed by atoms with Gasteiger partial charge in [0.25, 0.3) is 0 Å². The van der Waals surface area contributed by atoms with Crippen molar-refractivity contribution >= 4 is 17.5 Å². The molecule has 2 aromatic heterocycles. The number of aromatic nitrogens is 3. The molecule has 1 aromatic carbocycles. The number of carbonyl (C=O) groups is 1. The molecule has 2 fully saturated rings. The average Bonchev–Trinajstić information content (AvgIpc) is 3.65. The molecule has 0 aliphatic heterocycles. The Morgan fingerprint density at radius 3 is 2.70 bits per heavy atom. The highest BCUT2D eigenvalue weighted by molar-refractivity contribution is 7.99. The van der Waals surface area contributed by atoms with E-state index < -0.39 is 0 Å². The van der Waals surface area contributed by atoms with Gasteiger partial charge in [0.15, 0.2) is 28.2 Å². The molecular weight excluding hydrogens is 438 g/mol. The van der Waals surface area contributed by atoms with Crippen molar-refractivity contribution in [2.75, 3.05) is 20.0 Å². The maximum Gasteiger partial charge on any atom is 0.200 e. The van der Waals surface area contributed by atoms with Crippen molar-refractivity contribution in [3.05, 3.63) is 42.2 Å². The van der Waals surface area contributed by atoms with Crippen molar-refractivity contribution in [3.63, 3.8) is 0 Å². The number of furan rings is 1. The van der Waals surface area contributed by atoms with Crippen LogP contribution >= 0.6 is 11.8 Å². The molecule has 7 nitrogen and oxygen atoms in total. The van der Waals surface area contributed by atoms with E-state index in [1.807, 2.05) is 12.1 Å². The second kappa shape index (κ2) is 9.25. The van der Waals surface area contributed by atoms with Gasteiger partial charge in [0, 0.05) is 11.6 Å². The Morgan fingerprint density at radius 2 is 2.03 bits per heavy atom. The number of hydrogen-bond acceptors (Lipinski definition) is 7. The van der Waals surface area contributed by atoms with E-state index in [4.69, 9.17) is 13.9 Å². The molecule has 0 amide bonds. The lowest BCUT2D eigenvalue weighted by Gasteiger charge is -2.30. The van der Waals surface area contributed by atoms with Crippen LogP contribution in [-0.2, 0) is 0 Å². The number of rotatable bonds is 9. The summed E-state index contributed by atoms with van der Waals surface area (Å²) in [7, 11) is 3.15. The van der Waals surface area contributed by atoms with E-state index >= 15 is 0 Å². The quantitative estimate of drug-likeness (QED) is 0.302. The average molecular weight is 468 g/mol. The number of hydrogen-bond donors (Lipinski definition) is 0. The standard InChI is InChI=1S/C25H29N3O4S/c1-15(19-12-16-6-7-17(19)11-16)28-24(22-5-4-10-32-22)26-27-25(28)33-14-20(29)18-8-9-21(30-2)23(13-18)31-3/h4-5,8-10,13,15-17,19H,6-7,11-12,14H2,1-3H3/t15-,16-,17-,19-/m0/s1. The molecule has 2 aliphatic rings. The Balaban J connectivity index is 1.39. The van der Waals surface area contributed by atoms with Crippen LogP contribution in [0.4, 0.5) is 0 Å². The van der Waals surface area contributed by atoms with Crippen LogP contribution < -0.4 is 9.47 Å². The van der Waals surface area contributed by atoms with Crippen LogP contribution in [-0.4, -0.2) is 40.5 Å². The Labute approximate surface area is 197 Å². The second-order valence-corrected chi connectivity index (χ2v) is 9.96. The number of thioether (sulfide) groups is 1. The summed E-state index contributed by atoms with van der Waals surface area (Å²) in [6, 6.07) is 9.26. The molecule has 0 spiro atoms. The van der Waals surface area contributed by atoms with Crippen molar-refractivity contribution < 1.29 is 18.7 Å². The van der Waals surface area contributed by atoms with Gasteiger partial charge in [0.05, 0.1) is 26.2 Å². The van der Waals surface area contributed by atoms with E-state index in [0.29, 0.717) is 28.7 Å². The largest absolute Gasteiger partial charge is 0.493 e. The summed E-state index contributed by atoms with van der Waals surface area (Å²) in [4.78, 5) is 13.0. The normalized spacial score (nSPS) is 22.5. The molecule has 2 aliphatic carbocycles. The predicted molar refractivity (Wildman–Crippen MR) is 126 cm³/mol. The van der Waals surface area contributed by atoms with Crippen molar-refractivity contribution in [1.82, 2.24) is 14.8 Å². The van der Waals surface area contributed by atoms with Crippen molar-refractivity contribution in [3.8, 4) is 23.1 Å². The smallest absolute Gasteiger partial charge is 0.200 e. The molecule has 174 valence electrons. The third-order valence-electron chi connectivity index (χ3n) is 7.26. The summed E-state index contributed by atoms with van der Waals surface area (Å²) in [5.74, 6) is 5.07. The van der Waals surface area contributed by atoms with Gasteiger partial charge in [-0.15, -0.1) is 10.2 Å². The number of Topliss-reactive ketones (excluding diaryl/α,β-unsaturated/α-hetero) is 1. The first kappa shape index (κ1) is 22.1. The number of ketones is 1. The van der Waals surface area contributed by atoms with Gasteiger partial charge in [-0.1, -0.05) is 18.2 Å². The maximum atomic E-state index is 13.0. The number of ether oxygens (including phenoxy) is 2. The van der Waals surface area contributed by atoms with E-state index in [1.54, 1.807) is 38.7 Å². The zero-order chi connectivity index (χ0) is 22.9. The van der Waals surface area contributed by atoms with Crippen LogP contribution in [0.5, 0.6) is 11.5 Å². The van der Waals surface area contributed by atoms with E-state index in [9.17, 15) is 4.79 Å². The zero-order valence-electron chi connectivity index (χ0n) is 19.2. The lowest BCUT2D eigenvalue weighted by atomic mass is 9.84. The molecule has 3 aromatic rings. The monoisotopic (exact) mass is 467 g/mol. The number of benzene rings is 1. The topological polar surface area (TPSA) is 79.4 Å². The number of fused-ring (bicyclic) bond motifs is 2. The first-order valence-electron chi connectivity index (χ1n) is 11.5. The molecule has 0 N–H and O–H groups in total. The molecule has 4 atom stereocenters. The van der Waals surface area contributed by atoms with Crippen LogP contribution in [0.15, 0.2) is 46.2 Å². The van der Waals surface area contributed by atoms with Crippen LogP contribution in [0, 0.1) is 17.8 Å². The number of methoxy groups -OCH3 is 2. The van der Waals surface area contributed by atoms with Gasteiger partial charge in [-0.25, -0.2) is 0 Å². The summed E-state index contributed by atoms with van der Waals surface area (Å²) in [5, 5.41) is 9.69. The molecule has 0 saturated heterocycles. The predicted octanol–water partition coefficient (Wildman–Crippen LogP) is 5.53. The molecular formula is C25H29N3O4S. The molecule has 2 saturated carbocycles. The lowest BCUT2D eigenvalue weighted by Crippen LogP contribution is -2.23. The van der Waals surface area contributed by atoms with Gasteiger partial charge in [0.2, 0.25) is 5.82 Å². The van der Waals surface area contributed by atoms with Crippen LogP contribution in [0.1, 0.15) is 49.0 Å². The molecule has 2 heterocycles. The SMILES string of the molecule is COc1ccc(C(=O)CSc2nnc(-c3ccco3)n2[C@@H](C)[C@@H]2C[C@H]3CC[C@H]2C3)cc1OC. The zero-order valence-corrected chi connectivity index (χ0v) is 20.0. The minimum atomic E-state index is 0.00243. The Hall–Kier alpha value is -2.74. The highest BCUT2D eigenvalue weighted by Crippen LogP contribution is 2.53. The molecule has 0 radical (unpaired) electrons. The molecule has 8 heteroatoms. The van der Waals surface area contributed by atoms with Crippen molar-refractivity contribution in [2.45, 2.75) is 43.8 Å². The third kappa shape index (κ3) is 4.16. The van der Waals surface area contributed by atoms with Gasteiger partial charge in [0.1, 0.15) is 0 Å². The van der Waals surface area contributed by atoms with Gasteiger partial charge in [-0.3, -0.25) is 9.36 Å². The molecule has 0 unspecified atom stereocenters. The summed E-state index contributed by atoms with van der Waals surface area (Å²) >= 11 is 1.42. The van der Waals surface area contributed by atoms with E-state index in [2.05, 4.69) is 21.7 Å². The fraction of sp³-hybridized carbons (Fsp3) is 0.480. The van der Waals surface area contributed by atoms with Gasteiger partial charge >= 0.3 is 0 Å². The van der Waals surface area contributed by atoms with Crippen molar-refractivity contribution in [1.29, 1.82) is 0 Å². The fourth-order valence-corrected chi connectivity index (χ4v) is 6.53.